The molecule has 2 rings (SSSR count). The summed E-state index contributed by atoms with van der Waals surface area (Å²) in [7, 11) is 0. The number of anilines is 2. The Morgan fingerprint density at radius 2 is 1.75 bits per heavy atom. The summed E-state index contributed by atoms with van der Waals surface area (Å²) in [5.41, 5.74) is 0.927. The lowest BCUT2D eigenvalue weighted by Crippen LogP contribution is -2.28. The van der Waals surface area contributed by atoms with Crippen LogP contribution in [0.2, 0.25) is 0 Å². The summed E-state index contributed by atoms with van der Waals surface area (Å²) in [5, 5.41) is 9.80. The Kier molecular flexibility index (Phi) is 3.17. The maximum atomic E-state index is 9.80. The quantitative estimate of drug-likeness (QED) is 0.798. The summed E-state index contributed by atoms with van der Waals surface area (Å²) in [6, 6.07) is 15.3. The minimum Gasteiger partial charge on any atom is -0.373 e. The van der Waals surface area contributed by atoms with Gasteiger partial charge >= 0.3 is 0 Å². The summed E-state index contributed by atoms with van der Waals surface area (Å²) in [6.45, 7) is 1.72. The van der Waals surface area contributed by atoms with Gasteiger partial charge in [0.25, 0.3) is 0 Å². The van der Waals surface area contributed by atoms with E-state index in [1.807, 2.05) is 48.5 Å². The molecule has 1 aromatic heterocycles. The third kappa shape index (κ3) is 2.20. The lowest BCUT2D eigenvalue weighted by molar-refractivity contribution is 0.200. The van der Waals surface area contributed by atoms with E-state index >= 15 is 0 Å². The van der Waals surface area contributed by atoms with Gasteiger partial charge in [0.05, 0.1) is 0 Å². The number of benzene rings is 1. The van der Waals surface area contributed by atoms with Crippen LogP contribution in [-0.4, -0.2) is 16.3 Å². The summed E-state index contributed by atoms with van der Waals surface area (Å²) < 4.78 is 0. The molecular weight excluding hydrogens is 200 g/mol. The Balaban J connectivity index is 2.40. The molecule has 1 N–H and O–H groups in total. The Labute approximate surface area is 95.0 Å². The zero-order chi connectivity index (χ0) is 11.4. The highest BCUT2D eigenvalue weighted by Crippen LogP contribution is 2.24. The van der Waals surface area contributed by atoms with E-state index in [4.69, 9.17) is 0 Å². The Bertz CT molecular complexity index is 389. The van der Waals surface area contributed by atoms with Crippen molar-refractivity contribution in [1.82, 2.24) is 4.98 Å². The average molecular weight is 214 g/mol. The van der Waals surface area contributed by atoms with Gasteiger partial charge in [-0.2, -0.15) is 0 Å². The van der Waals surface area contributed by atoms with Crippen molar-refractivity contribution in [3.8, 4) is 0 Å². The van der Waals surface area contributed by atoms with Gasteiger partial charge in [-0.25, -0.2) is 4.98 Å². The smallest absolute Gasteiger partial charge is 0.135 e. The average Bonchev–Trinajstić information content (AvgIpc) is 2.31. The number of aliphatic hydroxyl groups is 1. The lowest BCUT2D eigenvalue weighted by atomic mass is 10.2. The van der Waals surface area contributed by atoms with Gasteiger partial charge < -0.3 is 10.0 Å². The molecule has 0 bridgehead atoms. The van der Waals surface area contributed by atoms with Crippen molar-refractivity contribution in [3.05, 3.63) is 54.7 Å². The topological polar surface area (TPSA) is 36.4 Å². The summed E-state index contributed by atoms with van der Waals surface area (Å²) in [6.07, 6.45) is 1.10. The minimum absolute atomic E-state index is 0.614. The lowest BCUT2D eigenvalue weighted by Gasteiger charge is -2.26. The van der Waals surface area contributed by atoms with Crippen molar-refractivity contribution >= 4 is 11.5 Å². The molecule has 0 fully saturated rings. The first kappa shape index (κ1) is 10.6. The van der Waals surface area contributed by atoms with Gasteiger partial charge in [-0.1, -0.05) is 24.3 Å². The van der Waals surface area contributed by atoms with Gasteiger partial charge in [-0.15, -0.1) is 0 Å². The largest absolute Gasteiger partial charge is 0.373 e. The SMILES string of the molecule is CC(O)N(c1ccccc1)c1ccccn1. The van der Waals surface area contributed by atoms with E-state index in [0.717, 1.165) is 11.5 Å². The van der Waals surface area contributed by atoms with E-state index in [2.05, 4.69) is 4.98 Å². The maximum absolute atomic E-state index is 9.80. The van der Waals surface area contributed by atoms with Crippen LogP contribution in [-0.2, 0) is 0 Å². The number of para-hydroxylation sites is 1. The molecule has 1 unspecified atom stereocenters. The normalized spacial score (nSPS) is 12.1. The zero-order valence-electron chi connectivity index (χ0n) is 9.12. The highest BCUT2D eigenvalue weighted by Gasteiger charge is 2.14. The summed E-state index contributed by atoms with van der Waals surface area (Å²) >= 11 is 0. The highest BCUT2D eigenvalue weighted by molar-refractivity contribution is 5.59. The first-order chi connectivity index (χ1) is 7.79. The fourth-order valence-corrected chi connectivity index (χ4v) is 1.62. The van der Waals surface area contributed by atoms with Crippen LogP contribution in [0.1, 0.15) is 6.92 Å². The van der Waals surface area contributed by atoms with Gasteiger partial charge in [0, 0.05) is 11.9 Å². The number of aliphatic hydroxyl groups excluding tert-OH is 1. The molecule has 82 valence electrons. The van der Waals surface area contributed by atoms with Gasteiger partial charge in [0.2, 0.25) is 0 Å². The third-order valence-corrected chi connectivity index (χ3v) is 2.30. The van der Waals surface area contributed by atoms with E-state index < -0.39 is 6.23 Å². The van der Waals surface area contributed by atoms with E-state index in [-0.39, 0.29) is 0 Å². The molecule has 16 heavy (non-hydrogen) atoms. The summed E-state index contributed by atoms with van der Waals surface area (Å²) in [5.74, 6) is 0.740. The molecule has 0 amide bonds. The van der Waals surface area contributed by atoms with E-state index in [0.29, 0.717) is 0 Å². The van der Waals surface area contributed by atoms with Crippen LogP contribution < -0.4 is 4.90 Å². The predicted molar refractivity (Wildman–Crippen MR) is 64.5 cm³/mol. The molecule has 0 saturated heterocycles. The Morgan fingerprint density at radius 3 is 2.31 bits per heavy atom. The van der Waals surface area contributed by atoms with Crippen molar-refractivity contribution in [1.29, 1.82) is 0 Å². The second-order valence-corrected chi connectivity index (χ2v) is 3.53. The van der Waals surface area contributed by atoms with Crippen LogP contribution in [0.15, 0.2) is 54.7 Å². The van der Waals surface area contributed by atoms with Crippen LogP contribution in [0.5, 0.6) is 0 Å². The molecule has 1 atom stereocenters. The first-order valence-corrected chi connectivity index (χ1v) is 5.22. The van der Waals surface area contributed by atoms with Crippen molar-refractivity contribution in [2.24, 2.45) is 0 Å². The maximum Gasteiger partial charge on any atom is 0.135 e. The van der Waals surface area contributed by atoms with Crippen LogP contribution in [0.4, 0.5) is 11.5 Å². The molecule has 0 radical (unpaired) electrons. The van der Waals surface area contributed by atoms with Gasteiger partial charge in [0.1, 0.15) is 12.0 Å². The minimum atomic E-state index is -0.614. The van der Waals surface area contributed by atoms with Gasteiger partial charge in [-0.3, -0.25) is 0 Å². The molecule has 0 aliphatic carbocycles. The molecular formula is C13H14N2O. The monoisotopic (exact) mass is 214 g/mol. The number of aromatic nitrogens is 1. The molecule has 2 aromatic rings. The molecule has 3 nitrogen and oxygen atoms in total. The predicted octanol–water partition coefficient (Wildman–Crippen LogP) is 2.56. The molecule has 3 heteroatoms. The van der Waals surface area contributed by atoms with Crippen LogP contribution in [0.3, 0.4) is 0 Å². The number of nitrogens with zero attached hydrogens (tertiary/aromatic N) is 2. The molecule has 1 aromatic carbocycles. The first-order valence-electron chi connectivity index (χ1n) is 5.22. The van der Waals surface area contributed by atoms with E-state index in [9.17, 15) is 5.11 Å². The van der Waals surface area contributed by atoms with Crippen LogP contribution in [0, 0.1) is 0 Å². The van der Waals surface area contributed by atoms with Gasteiger partial charge in [-0.05, 0) is 31.2 Å². The summed E-state index contributed by atoms with van der Waals surface area (Å²) in [4.78, 5) is 6.02. The van der Waals surface area contributed by atoms with Gasteiger partial charge in [0.15, 0.2) is 0 Å². The van der Waals surface area contributed by atoms with Crippen molar-refractivity contribution in [3.63, 3.8) is 0 Å². The van der Waals surface area contributed by atoms with Crippen LogP contribution in [0.25, 0.3) is 0 Å². The second kappa shape index (κ2) is 4.77. The van der Waals surface area contributed by atoms with E-state index in [1.165, 1.54) is 0 Å². The number of hydrogen-bond donors (Lipinski definition) is 1. The van der Waals surface area contributed by atoms with Crippen molar-refractivity contribution in [2.75, 3.05) is 4.90 Å². The third-order valence-electron chi connectivity index (χ3n) is 2.30. The van der Waals surface area contributed by atoms with Crippen molar-refractivity contribution < 1.29 is 5.11 Å². The number of rotatable bonds is 3. The second-order valence-electron chi connectivity index (χ2n) is 3.53. The highest BCUT2D eigenvalue weighted by atomic mass is 16.3. The molecule has 0 saturated carbocycles. The van der Waals surface area contributed by atoms with Crippen molar-refractivity contribution in [2.45, 2.75) is 13.2 Å². The molecule has 0 aliphatic rings. The number of pyridine rings is 1. The number of hydrogen-bond acceptors (Lipinski definition) is 3. The molecule has 1 heterocycles. The van der Waals surface area contributed by atoms with E-state index in [1.54, 1.807) is 18.0 Å². The Morgan fingerprint density at radius 1 is 1.06 bits per heavy atom. The van der Waals surface area contributed by atoms with Crippen LogP contribution >= 0.6 is 0 Å². The standard InChI is InChI=1S/C13H14N2O/c1-11(16)15(12-7-3-2-4-8-12)13-9-5-6-10-14-13/h2-11,16H,1H3. The fourth-order valence-electron chi connectivity index (χ4n) is 1.62. The Hall–Kier alpha value is -1.87. The molecule has 0 spiro atoms. The fraction of sp³-hybridized carbons (Fsp3) is 0.154. The molecule has 0 aliphatic heterocycles. The zero-order valence-corrected chi connectivity index (χ0v) is 9.12.